The third-order valence-electron chi connectivity index (χ3n) is 5.08. The fraction of sp³-hybridized carbons (Fsp3) is 0.400. The molecule has 0 radical (unpaired) electrons. The lowest BCUT2D eigenvalue weighted by atomic mass is 9.78. The molecule has 1 amide bonds. The van der Waals surface area contributed by atoms with Crippen molar-refractivity contribution in [2.45, 2.75) is 52.4 Å². The van der Waals surface area contributed by atoms with Gasteiger partial charge in [0.15, 0.2) is 0 Å². The third-order valence-corrected chi connectivity index (χ3v) is 5.08. The smallest absolute Gasteiger partial charge is 0.444 e. The van der Waals surface area contributed by atoms with Crippen LogP contribution in [0.1, 0.15) is 39.0 Å². The van der Waals surface area contributed by atoms with E-state index in [1.807, 2.05) is 71.0 Å². The second-order valence-corrected chi connectivity index (χ2v) is 7.65. The van der Waals surface area contributed by atoms with Crippen LogP contribution in [0.4, 0.5) is 10.6 Å². The molecule has 1 saturated heterocycles. The molecule has 1 fully saturated rings. The number of benzene rings is 1. The number of pyridine rings is 1. The van der Waals surface area contributed by atoms with E-state index in [1.54, 1.807) is 6.07 Å². The highest BCUT2D eigenvalue weighted by atomic mass is 16.7. The Morgan fingerprint density at radius 1 is 1.07 bits per heavy atom. The van der Waals surface area contributed by atoms with Gasteiger partial charge in [-0.2, -0.15) is 0 Å². The summed E-state index contributed by atoms with van der Waals surface area (Å²) in [5, 5.41) is 2.65. The van der Waals surface area contributed by atoms with Gasteiger partial charge in [0.25, 0.3) is 0 Å². The summed E-state index contributed by atoms with van der Waals surface area (Å²) in [6.07, 6.45) is -0.547. The molecule has 27 heavy (non-hydrogen) atoms. The number of aromatic nitrogens is 1. The van der Waals surface area contributed by atoms with Crippen molar-refractivity contribution in [3.05, 3.63) is 53.7 Å². The zero-order valence-electron chi connectivity index (χ0n) is 16.4. The van der Waals surface area contributed by atoms with Crippen LogP contribution in [0.25, 0.3) is 0 Å². The number of hydrogen-bond donors (Lipinski definition) is 1. The average molecular weight is 368 g/mol. The average Bonchev–Trinajstić information content (AvgIpc) is 2.81. The van der Waals surface area contributed by atoms with Gasteiger partial charge in [-0.15, -0.1) is 0 Å². The minimum Gasteiger partial charge on any atom is -0.444 e. The Morgan fingerprint density at radius 2 is 1.70 bits per heavy atom. The van der Waals surface area contributed by atoms with Crippen LogP contribution in [0.3, 0.4) is 0 Å². The van der Waals surface area contributed by atoms with Crippen molar-refractivity contribution in [3.8, 4) is 0 Å². The number of anilines is 1. The summed E-state index contributed by atoms with van der Waals surface area (Å²) >= 11 is 0. The van der Waals surface area contributed by atoms with Gasteiger partial charge < -0.3 is 14.0 Å². The normalized spacial score (nSPS) is 17.6. The molecule has 1 aromatic heterocycles. The second-order valence-electron chi connectivity index (χ2n) is 7.65. The summed E-state index contributed by atoms with van der Waals surface area (Å²) in [7, 11) is -0.485. The Bertz CT molecular complexity index is 808. The Hall–Kier alpha value is -2.38. The molecule has 1 aliphatic rings. The highest BCUT2D eigenvalue weighted by Gasteiger charge is 2.52. The molecule has 1 aromatic carbocycles. The first-order valence-electron chi connectivity index (χ1n) is 8.99. The molecule has 0 unspecified atom stereocenters. The summed E-state index contributed by atoms with van der Waals surface area (Å²) in [5.74, 6) is 0.422. The van der Waals surface area contributed by atoms with Crippen LogP contribution < -0.4 is 10.8 Å². The summed E-state index contributed by atoms with van der Waals surface area (Å²) in [4.78, 5) is 16.4. The topological polar surface area (TPSA) is 69.7 Å². The lowest BCUT2D eigenvalue weighted by Gasteiger charge is -2.32. The van der Waals surface area contributed by atoms with Crippen LogP contribution in [0.5, 0.6) is 0 Å². The van der Waals surface area contributed by atoms with Crippen molar-refractivity contribution in [1.29, 1.82) is 0 Å². The molecule has 0 atom stereocenters. The maximum atomic E-state index is 12.0. The molecule has 0 spiro atoms. The molecule has 7 heteroatoms. The highest BCUT2D eigenvalue weighted by Crippen LogP contribution is 2.36. The number of aryl methyl sites for hydroxylation is 1. The van der Waals surface area contributed by atoms with Crippen LogP contribution in [-0.4, -0.2) is 29.4 Å². The van der Waals surface area contributed by atoms with Crippen LogP contribution >= 0.6 is 0 Å². The van der Waals surface area contributed by atoms with Gasteiger partial charge in [-0.05, 0) is 46.2 Å². The van der Waals surface area contributed by atoms with Crippen molar-refractivity contribution in [2.24, 2.45) is 0 Å². The van der Waals surface area contributed by atoms with Crippen LogP contribution in [0.2, 0.25) is 0 Å². The molecule has 142 valence electrons. The maximum absolute atomic E-state index is 12.0. The number of nitrogens with zero attached hydrogens (tertiary/aromatic N) is 1. The van der Waals surface area contributed by atoms with Gasteiger partial charge in [0.2, 0.25) is 0 Å². The van der Waals surface area contributed by atoms with Crippen LogP contribution in [-0.2, 0) is 20.7 Å². The van der Waals surface area contributed by atoms with Crippen molar-refractivity contribution < 1.29 is 18.8 Å². The van der Waals surface area contributed by atoms with E-state index in [1.165, 1.54) is 0 Å². The molecular formula is C20H25BN2O4. The van der Waals surface area contributed by atoms with Gasteiger partial charge in [-0.25, -0.2) is 9.78 Å². The van der Waals surface area contributed by atoms with Crippen molar-refractivity contribution >= 4 is 24.5 Å². The molecule has 3 rings (SSSR count). The van der Waals surface area contributed by atoms with Gasteiger partial charge in [-0.1, -0.05) is 36.4 Å². The molecular weight excluding hydrogens is 343 g/mol. The predicted octanol–water partition coefficient (Wildman–Crippen LogP) is 3.44. The number of nitrogens with one attached hydrogen (secondary N) is 1. The van der Waals surface area contributed by atoms with Gasteiger partial charge in [-0.3, -0.25) is 5.32 Å². The standard InChI is InChI=1S/C20H25BN2O4/c1-14-16(21-26-19(2,3)20(4,5)27-21)11-12-17(22-14)23-18(24)25-13-15-9-7-6-8-10-15/h6-12H,13H2,1-5H3,(H,22,23,24). The molecule has 2 heterocycles. The summed E-state index contributed by atoms with van der Waals surface area (Å²) < 4.78 is 17.3. The SMILES string of the molecule is Cc1nc(NC(=O)OCc2ccccc2)ccc1B1OC(C)(C)C(C)(C)O1. The van der Waals surface area contributed by atoms with Crippen molar-refractivity contribution in [3.63, 3.8) is 0 Å². The van der Waals surface area contributed by atoms with Crippen LogP contribution in [0, 0.1) is 6.92 Å². The number of ether oxygens (including phenoxy) is 1. The first-order valence-corrected chi connectivity index (χ1v) is 8.99. The summed E-state index contributed by atoms with van der Waals surface area (Å²) in [5.41, 5.74) is 1.67. The molecule has 1 aliphatic heterocycles. The first-order chi connectivity index (χ1) is 12.7. The first kappa shape index (κ1) is 19.4. The lowest BCUT2D eigenvalue weighted by molar-refractivity contribution is 0.00578. The largest absolute Gasteiger partial charge is 0.496 e. The number of carbonyl (C=O) groups excluding carboxylic acids is 1. The van der Waals surface area contributed by atoms with E-state index in [2.05, 4.69) is 10.3 Å². The zero-order valence-corrected chi connectivity index (χ0v) is 16.4. The Labute approximate surface area is 160 Å². The van der Waals surface area contributed by atoms with E-state index in [9.17, 15) is 4.79 Å². The highest BCUT2D eigenvalue weighted by molar-refractivity contribution is 6.62. The molecule has 0 saturated carbocycles. The second kappa shape index (κ2) is 7.33. The monoisotopic (exact) mass is 368 g/mol. The fourth-order valence-electron chi connectivity index (χ4n) is 2.72. The Balaban J connectivity index is 1.62. The van der Waals surface area contributed by atoms with E-state index >= 15 is 0 Å². The molecule has 0 aliphatic carbocycles. The molecule has 2 aromatic rings. The van der Waals surface area contributed by atoms with Gasteiger partial charge in [0.05, 0.1) is 11.2 Å². The van der Waals surface area contributed by atoms with E-state index in [-0.39, 0.29) is 6.61 Å². The van der Waals surface area contributed by atoms with Crippen molar-refractivity contribution in [2.75, 3.05) is 5.32 Å². The minimum absolute atomic E-state index is 0.206. The zero-order chi connectivity index (χ0) is 19.7. The van der Waals surface area contributed by atoms with Crippen LogP contribution in [0.15, 0.2) is 42.5 Å². The Kier molecular flexibility index (Phi) is 5.26. The Morgan fingerprint density at radius 3 is 2.30 bits per heavy atom. The van der Waals surface area contributed by atoms with E-state index in [0.29, 0.717) is 5.82 Å². The molecule has 1 N–H and O–H groups in total. The number of carbonyl (C=O) groups is 1. The summed E-state index contributed by atoms with van der Waals surface area (Å²) in [6, 6.07) is 13.1. The number of rotatable bonds is 4. The van der Waals surface area contributed by atoms with Gasteiger partial charge >= 0.3 is 13.2 Å². The molecule has 6 nitrogen and oxygen atoms in total. The maximum Gasteiger partial charge on any atom is 0.496 e. The minimum atomic E-state index is -0.547. The number of amides is 1. The van der Waals surface area contributed by atoms with E-state index in [4.69, 9.17) is 14.0 Å². The number of hydrogen-bond acceptors (Lipinski definition) is 5. The third kappa shape index (κ3) is 4.31. The lowest BCUT2D eigenvalue weighted by Crippen LogP contribution is -2.41. The summed E-state index contributed by atoms with van der Waals surface area (Å²) in [6.45, 7) is 10.1. The molecule has 0 bridgehead atoms. The predicted molar refractivity (Wildman–Crippen MR) is 105 cm³/mol. The fourth-order valence-corrected chi connectivity index (χ4v) is 2.72. The van der Waals surface area contributed by atoms with E-state index < -0.39 is 24.4 Å². The van der Waals surface area contributed by atoms with Crippen molar-refractivity contribution in [1.82, 2.24) is 4.98 Å². The van der Waals surface area contributed by atoms with Gasteiger partial charge in [0, 0.05) is 11.2 Å². The van der Waals surface area contributed by atoms with E-state index in [0.717, 1.165) is 16.7 Å². The van der Waals surface area contributed by atoms with Gasteiger partial charge in [0.1, 0.15) is 12.4 Å². The quantitative estimate of drug-likeness (QED) is 0.838.